The molecule has 0 saturated carbocycles. The number of nitrogens with zero attached hydrogens (tertiary/aromatic N) is 2. The van der Waals surface area contributed by atoms with Crippen molar-refractivity contribution >= 4 is 11.8 Å². The Morgan fingerprint density at radius 1 is 0.867 bits per heavy atom. The molecule has 1 fully saturated rings. The van der Waals surface area contributed by atoms with E-state index in [4.69, 9.17) is 4.42 Å². The normalized spacial score (nSPS) is 15.1. The second-order valence-corrected chi connectivity index (χ2v) is 7.34. The fourth-order valence-corrected chi connectivity index (χ4v) is 3.87. The highest BCUT2D eigenvalue weighted by Gasteiger charge is 2.28. The Kier molecular flexibility index (Phi) is 5.93. The summed E-state index contributed by atoms with van der Waals surface area (Å²) < 4.78 is 19.7. The van der Waals surface area contributed by atoms with Gasteiger partial charge in [-0.15, -0.1) is 0 Å². The highest BCUT2D eigenvalue weighted by molar-refractivity contribution is 5.91. The maximum Gasteiger partial charge on any atom is 0.289 e. The van der Waals surface area contributed by atoms with Crippen LogP contribution in [0.5, 0.6) is 0 Å². The SMILES string of the molecule is O=C(CC(c1ccccc1)c1ccccc1F)N1CCN(C(=O)c2ccco2)CC1. The molecule has 2 heterocycles. The molecule has 6 heteroatoms. The van der Waals surface area contributed by atoms with Crippen LogP contribution < -0.4 is 0 Å². The van der Waals surface area contributed by atoms with Gasteiger partial charge in [-0.3, -0.25) is 9.59 Å². The molecule has 30 heavy (non-hydrogen) atoms. The van der Waals surface area contributed by atoms with E-state index in [9.17, 15) is 14.0 Å². The Morgan fingerprint density at radius 3 is 2.20 bits per heavy atom. The first-order valence-electron chi connectivity index (χ1n) is 10.0. The van der Waals surface area contributed by atoms with Crippen LogP contribution in [0.15, 0.2) is 77.4 Å². The van der Waals surface area contributed by atoms with Crippen LogP contribution in [0.3, 0.4) is 0 Å². The molecule has 1 aliphatic heterocycles. The van der Waals surface area contributed by atoms with E-state index in [1.54, 1.807) is 40.1 Å². The zero-order valence-electron chi connectivity index (χ0n) is 16.5. The Hall–Kier alpha value is -3.41. The first kappa shape index (κ1) is 19.9. The Balaban J connectivity index is 1.45. The monoisotopic (exact) mass is 406 g/mol. The summed E-state index contributed by atoms with van der Waals surface area (Å²) in [6.07, 6.45) is 1.65. The van der Waals surface area contributed by atoms with Gasteiger partial charge >= 0.3 is 0 Å². The topological polar surface area (TPSA) is 53.8 Å². The lowest BCUT2D eigenvalue weighted by atomic mass is 9.87. The van der Waals surface area contributed by atoms with Gasteiger partial charge in [-0.25, -0.2) is 4.39 Å². The number of piperazine rings is 1. The van der Waals surface area contributed by atoms with Crippen molar-refractivity contribution < 1.29 is 18.4 Å². The minimum absolute atomic E-state index is 0.0443. The number of hydrogen-bond acceptors (Lipinski definition) is 3. The second-order valence-electron chi connectivity index (χ2n) is 7.34. The summed E-state index contributed by atoms with van der Waals surface area (Å²) in [6.45, 7) is 1.79. The molecule has 0 bridgehead atoms. The van der Waals surface area contributed by atoms with Gasteiger partial charge in [0.1, 0.15) is 5.82 Å². The molecule has 1 atom stereocenters. The van der Waals surface area contributed by atoms with Gasteiger partial charge < -0.3 is 14.2 Å². The van der Waals surface area contributed by atoms with E-state index >= 15 is 0 Å². The second kappa shape index (κ2) is 8.95. The lowest BCUT2D eigenvalue weighted by Gasteiger charge is -2.35. The summed E-state index contributed by atoms with van der Waals surface area (Å²) in [5.41, 5.74) is 1.42. The van der Waals surface area contributed by atoms with E-state index in [0.717, 1.165) is 5.56 Å². The van der Waals surface area contributed by atoms with Crippen LogP contribution in [0.1, 0.15) is 34.0 Å². The third kappa shape index (κ3) is 4.27. The number of benzene rings is 2. The fourth-order valence-electron chi connectivity index (χ4n) is 3.87. The fraction of sp³-hybridized carbons (Fsp3) is 0.250. The van der Waals surface area contributed by atoms with Gasteiger partial charge in [0.15, 0.2) is 5.76 Å². The molecule has 3 aromatic rings. The minimum atomic E-state index is -0.359. The maximum absolute atomic E-state index is 14.5. The molecule has 2 amide bonds. The third-order valence-corrected chi connectivity index (χ3v) is 5.51. The van der Waals surface area contributed by atoms with Crippen molar-refractivity contribution in [2.45, 2.75) is 12.3 Å². The molecule has 1 unspecified atom stereocenters. The summed E-state index contributed by atoms with van der Waals surface area (Å²) in [4.78, 5) is 28.9. The summed E-state index contributed by atoms with van der Waals surface area (Å²) in [5, 5.41) is 0. The van der Waals surface area contributed by atoms with Gasteiger partial charge in [-0.2, -0.15) is 0 Å². The maximum atomic E-state index is 14.5. The van der Waals surface area contributed by atoms with E-state index in [1.807, 2.05) is 30.3 Å². The number of furan rings is 1. The quantitative estimate of drug-likeness (QED) is 0.645. The molecule has 1 aromatic heterocycles. The molecule has 0 aliphatic carbocycles. The van der Waals surface area contributed by atoms with E-state index in [0.29, 0.717) is 37.5 Å². The largest absolute Gasteiger partial charge is 0.459 e. The van der Waals surface area contributed by atoms with Crippen molar-refractivity contribution in [3.63, 3.8) is 0 Å². The predicted molar refractivity (Wildman–Crippen MR) is 110 cm³/mol. The lowest BCUT2D eigenvalue weighted by molar-refractivity contribution is -0.132. The van der Waals surface area contributed by atoms with Crippen molar-refractivity contribution in [3.05, 3.63) is 95.7 Å². The first-order valence-corrected chi connectivity index (χ1v) is 10.0. The van der Waals surface area contributed by atoms with Crippen molar-refractivity contribution in [1.82, 2.24) is 9.80 Å². The van der Waals surface area contributed by atoms with Gasteiger partial charge in [0.25, 0.3) is 5.91 Å². The zero-order chi connectivity index (χ0) is 20.9. The number of rotatable bonds is 5. The molecule has 4 rings (SSSR count). The molecular formula is C24H23FN2O3. The summed E-state index contributed by atoms with van der Waals surface area (Å²) in [6, 6.07) is 19.5. The van der Waals surface area contributed by atoms with Crippen molar-refractivity contribution in [3.8, 4) is 0 Å². The molecule has 1 aliphatic rings. The van der Waals surface area contributed by atoms with Gasteiger partial charge in [-0.1, -0.05) is 48.5 Å². The van der Waals surface area contributed by atoms with Crippen LogP contribution >= 0.6 is 0 Å². The average Bonchev–Trinajstić information content (AvgIpc) is 3.33. The molecule has 5 nitrogen and oxygen atoms in total. The predicted octanol–water partition coefficient (Wildman–Crippen LogP) is 3.93. The van der Waals surface area contributed by atoms with Crippen LogP contribution in [-0.2, 0) is 4.79 Å². The van der Waals surface area contributed by atoms with Gasteiger partial charge in [0.05, 0.1) is 6.26 Å². The van der Waals surface area contributed by atoms with Crippen LogP contribution in [0, 0.1) is 5.82 Å². The molecule has 0 spiro atoms. The van der Waals surface area contributed by atoms with E-state index in [-0.39, 0.29) is 30.0 Å². The molecule has 0 radical (unpaired) electrons. The van der Waals surface area contributed by atoms with Crippen LogP contribution in [0.25, 0.3) is 0 Å². The van der Waals surface area contributed by atoms with Crippen molar-refractivity contribution in [1.29, 1.82) is 0 Å². The zero-order valence-corrected chi connectivity index (χ0v) is 16.5. The summed E-state index contributed by atoms with van der Waals surface area (Å²) >= 11 is 0. The highest BCUT2D eigenvalue weighted by atomic mass is 19.1. The molecule has 1 saturated heterocycles. The Labute approximate surface area is 174 Å². The number of amides is 2. The first-order chi connectivity index (χ1) is 14.6. The van der Waals surface area contributed by atoms with Crippen LogP contribution in [-0.4, -0.2) is 47.8 Å². The Morgan fingerprint density at radius 2 is 1.53 bits per heavy atom. The third-order valence-electron chi connectivity index (χ3n) is 5.51. The number of carbonyl (C=O) groups excluding carboxylic acids is 2. The Bertz CT molecular complexity index is 996. The smallest absolute Gasteiger partial charge is 0.289 e. The molecular weight excluding hydrogens is 383 g/mol. The number of halogens is 1. The van der Waals surface area contributed by atoms with Crippen LogP contribution in [0.4, 0.5) is 4.39 Å². The van der Waals surface area contributed by atoms with Gasteiger partial charge in [0.2, 0.25) is 5.91 Å². The standard InChI is InChI=1S/C24H23FN2O3/c25-21-10-5-4-9-19(21)20(18-7-2-1-3-8-18)17-23(28)26-12-14-27(15-13-26)24(29)22-11-6-16-30-22/h1-11,16,20H,12-15,17H2. The lowest BCUT2D eigenvalue weighted by Crippen LogP contribution is -2.50. The van der Waals surface area contributed by atoms with Gasteiger partial charge in [-0.05, 0) is 29.3 Å². The summed E-state index contributed by atoms with van der Waals surface area (Å²) in [5.74, 6) is -0.577. The van der Waals surface area contributed by atoms with E-state index < -0.39 is 0 Å². The number of carbonyl (C=O) groups is 2. The van der Waals surface area contributed by atoms with Crippen molar-refractivity contribution in [2.75, 3.05) is 26.2 Å². The molecule has 2 aromatic carbocycles. The average molecular weight is 406 g/mol. The van der Waals surface area contributed by atoms with Crippen LogP contribution in [0.2, 0.25) is 0 Å². The van der Waals surface area contributed by atoms with Crippen molar-refractivity contribution in [2.24, 2.45) is 0 Å². The minimum Gasteiger partial charge on any atom is -0.459 e. The molecule has 154 valence electrons. The highest BCUT2D eigenvalue weighted by Crippen LogP contribution is 2.30. The van der Waals surface area contributed by atoms with Gasteiger partial charge in [0, 0.05) is 38.5 Å². The number of hydrogen-bond donors (Lipinski definition) is 0. The van der Waals surface area contributed by atoms with E-state index in [1.165, 1.54) is 12.3 Å². The van der Waals surface area contributed by atoms with E-state index in [2.05, 4.69) is 0 Å². The summed E-state index contributed by atoms with van der Waals surface area (Å²) in [7, 11) is 0. The molecule has 0 N–H and O–H groups in total.